The van der Waals surface area contributed by atoms with E-state index in [1.165, 1.54) is 42.4 Å². The summed E-state index contributed by atoms with van der Waals surface area (Å²) in [5, 5.41) is 0. The summed E-state index contributed by atoms with van der Waals surface area (Å²) in [6, 6.07) is 25.9. The fourth-order valence-corrected chi connectivity index (χ4v) is 4.70. The molecule has 2 nitrogen and oxygen atoms in total. The van der Waals surface area contributed by atoms with E-state index in [2.05, 4.69) is 77.8 Å². The molecule has 1 heterocycles. The van der Waals surface area contributed by atoms with Gasteiger partial charge in [-0.15, -0.1) is 0 Å². The molecule has 3 aromatic rings. The highest BCUT2D eigenvalue weighted by Crippen LogP contribution is 2.47. The van der Waals surface area contributed by atoms with Gasteiger partial charge < -0.3 is 4.74 Å². The van der Waals surface area contributed by atoms with Crippen molar-refractivity contribution in [3.8, 4) is 11.3 Å². The molecule has 1 aromatic heterocycles. The molecule has 0 radical (unpaired) electrons. The summed E-state index contributed by atoms with van der Waals surface area (Å²) in [7, 11) is 0. The Balaban J connectivity index is 1.42. The zero-order chi connectivity index (χ0) is 19.5. The van der Waals surface area contributed by atoms with Crippen LogP contribution in [0.3, 0.4) is 0 Å². The Morgan fingerprint density at radius 3 is 2.21 bits per heavy atom. The van der Waals surface area contributed by atoms with Crippen LogP contribution in [0, 0.1) is 5.92 Å². The van der Waals surface area contributed by atoms with Crippen molar-refractivity contribution in [3.05, 3.63) is 90.1 Å². The van der Waals surface area contributed by atoms with Crippen LogP contribution < -0.4 is 0 Å². The van der Waals surface area contributed by atoms with E-state index in [9.17, 15) is 0 Å². The minimum atomic E-state index is -0.166. The Morgan fingerprint density at radius 2 is 1.52 bits per heavy atom. The lowest BCUT2D eigenvalue weighted by atomic mass is 9.73. The summed E-state index contributed by atoms with van der Waals surface area (Å²) >= 11 is 0. The summed E-state index contributed by atoms with van der Waals surface area (Å²) in [4.78, 5) is 4.65. The predicted octanol–water partition coefficient (Wildman–Crippen LogP) is 6.73. The number of benzene rings is 2. The van der Waals surface area contributed by atoms with E-state index >= 15 is 0 Å². The van der Waals surface area contributed by atoms with Gasteiger partial charge in [0.1, 0.15) is 0 Å². The zero-order valence-corrected chi connectivity index (χ0v) is 17.0. The second-order valence-electron chi connectivity index (χ2n) is 8.73. The molecule has 0 bridgehead atoms. The molecular formula is C27H29NO. The Hall–Kier alpha value is -2.45. The summed E-state index contributed by atoms with van der Waals surface area (Å²) in [6.07, 6.45) is 9.14. The van der Waals surface area contributed by atoms with E-state index in [-0.39, 0.29) is 5.60 Å². The van der Waals surface area contributed by atoms with Gasteiger partial charge in [0, 0.05) is 11.8 Å². The number of pyridine rings is 1. The Morgan fingerprint density at radius 1 is 0.828 bits per heavy atom. The number of rotatable bonds is 6. The van der Waals surface area contributed by atoms with Crippen molar-refractivity contribution >= 4 is 0 Å². The van der Waals surface area contributed by atoms with E-state index < -0.39 is 0 Å². The van der Waals surface area contributed by atoms with E-state index in [1.54, 1.807) is 0 Å². The molecule has 2 aromatic carbocycles. The highest BCUT2D eigenvalue weighted by molar-refractivity contribution is 5.59. The molecule has 0 spiro atoms. The lowest BCUT2D eigenvalue weighted by Crippen LogP contribution is -2.35. The Kier molecular flexibility index (Phi) is 5.20. The second kappa shape index (κ2) is 8.12. The number of nitrogens with zero attached hydrogens (tertiary/aromatic N) is 1. The zero-order valence-electron chi connectivity index (χ0n) is 17.0. The molecule has 2 fully saturated rings. The van der Waals surface area contributed by atoms with E-state index in [0.717, 1.165) is 31.1 Å². The van der Waals surface area contributed by atoms with Crippen LogP contribution in [-0.4, -0.2) is 11.6 Å². The molecule has 0 saturated heterocycles. The SMILES string of the molecule is c1ccc(-c2cc(C3(OCC4CC4)CCC(c4ccccc4)CC3)ccn2)cc1. The van der Waals surface area contributed by atoms with Crippen molar-refractivity contribution in [2.75, 3.05) is 6.61 Å². The van der Waals surface area contributed by atoms with Crippen molar-refractivity contribution in [2.45, 2.75) is 50.0 Å². The van der Waals surface area contributed by atoms with Crippen molar-refractivity contribution in [2.24, 2.45) is 5.92 Å². The topological polar surface area (TPSA) is 22.1 Å². The van der Waals surface area contributed by atoms with Crippen LogP contribution in [0.1, 0.15) is 55.6 Å². The van der Waals surface area contributed by atoms with Gasteiger partial charge in [0.2, 0.25) is 0 Å². The highest BCUT2D eigenvalue weighted by atomic mass is 16.5. The minimum Gasteiger partial charge on any atom is -0.370 e. The van der Waals surface area contributed by atoms with Crippen LogP contribution in [0.5, 0.6) is 0 Å². The Bertz CT molecular complexity index is 925. The van der Waals surface area contributed by atoms with Gasteiger partial charge in [-0.3, -0.25) is 4.98 Å². The summed E-state index contributed by atoms with van der Waals surface area (Å²) in [6.45, 7) is 0.902. The maximum absolute atomic E-state index is 6.73. The van der Waals surface area contributed by atoms with Gasteiger partial charge in [0.25, 0.3) is 0 Å². The number of hydrogen-bond donors (Lipinski definition) is 0. The van der Waals surface area contributed by atoms with Gasteiger partial charge in [-0.1, -0.05) is 60.7 Å². The fourth-order valence-electron chi connectivity index (χ4n) is 4.70. The maximum atomic E-state index is 6.73. The summed E-state index contributed by atoms with van der Waals surface area (Å²) in [5.41, 5.74) is 4.83. The van der Waals surface area contributed by atoms with Crippen molar-refractivity contribution in [1.29, 1.82) is 0 Å². The molecule has 0 N–H and O–H groups in total. The lowest BCUT2D eigenvalue weighted by molar-refractivity contribution is -0.0833. The first-order chi connectivity index (χ1) is 14.3. The van der Waals surface area contributed by atoms with Crippen LogP contribution >= 0.6 is 0 Å². The van der Waals surface area contributed by atoms with Crippen LogP contribution in [0.25, 0.3) is 11.3 Å². The number of ether oxygens (including phenoxy) is 1. The van der Waals surface area contributed by atoms with Gasteiger partial charge >= 0.3 is 0 Å². The fraction of sp³-hybridized carbons (Fsp3) is 0.370. The standard InChI is InChI=1S/C27H29NO/c1-3-7-22(8-4-1)23-13-16-27(17-14-23,29-20-21-11-12-21)25-15-18-28-26(19-25)24-9-5-2-6-10-24/h1-10,15,18-19,21,23H,11-14,16-17,20H2. The quantitative estimate of drug-likeness (QED) is 0.471. The predicted molar refractivity (Wildman–Crippen MR) is 118 cm³/mol. The average Bonchev–Trinajstić information content (AvgIpc) is 3.64. The molecular weight excluding hydrogens is 354 g/mol. The summed E-state index contributed by atoms with van der Waals surface area (Å²) in [5.74, 6) is 1.42. The first kappa shape index (κ1) is 18.6. The molecule has 148 valence electrons. The molecule has 5 rings (SSSR count). The highest BCUT2D eigenvalue weighted by Gasteiger charge is 2.40. The third-order valence-electron chi connectivity index (χ3n) is 6.71. The molecule has 2 heteroatoms. The second-order valence-corrected chi connectivity index (χ2v) is 8.73. The third kappa shape index (κ3) is 4.13. The van der Waals surface area contributed by atoms with E-state index in [4.69, 9.17) is 4.74 Å². The minimum absolute atomic E-state index is 0.166. The van der Waals surface area contributed by atoms with Crippen LogP contribution in [-0.2, 0) is 10.3 Å². The van der Waals surface area contributed by atoms with Gasteiger partial charge in [0.05, 0.1) is 17.9 Å². The number of hydrogen-bond acceptors (Lipinski definition) is 2. The van der Waals surface area contributed by atoms with Crippen molar-refractivity contribution in [1.82, 2.24) is 4.98 Å². The largest absolute Gasteiger partial charge is 0.370 e. The van der Waals surface area contributed by atoms with Gasteiger partial charge in [-0.05, 0) is 73.6 Å². The molecule has 0 amide bonds. The average molecular weight is 384 g/mol. The molecule has 0 aliphatic heterocycles. The lowest BCUT2D eigenvalue weighted by Gasteiger charge is -2.41. The molecule has 0 atom stereocenters. The van der Waals surface area contributed by atoms with Crippen LogP contribution in [0.15, 0.2) is 79.0 Å². The number of aromatic nitrogens is 1. The smallest absolute Gasteiger partial charge is 0.0933 e. The molecule has 2 saturated carbocycles. The maximum Gasteiger partial charge on any atom is 0.0933 e. The van der Waals surface area contributed by atoms with Crippen LogP contribution in [0.2, 0.25) is 0 Å². The van der Waals surface area contributed by atoms with Crippen LogP contribution in [0.4, 0.5) is 0 Å². The van der Waals surface area contributed by atoms with Gasteiger partial charge in [-0.25, -0.2) is 0 Å². The van der Waals surface area contributed by atoms with Gasteiger partial charge in [0.15, 0.2) is 0 Å². The van der Waals surface area contributed by atoms with Crippen molar-refractivity contribution < 1.29 is 4.74 Å². The third-order valence-corrected chi connectivity index (χ3v) is 6.71. The first-order valence-electron chi connectivity index (χ1n) is 11.0. The Labute approximate surface area is 174 Å². The van der Waals surface area contributed by atoms with E-state index in [1.807, 2.05) is 6.20 Å². The summed E-state index contributed by atoms with van der Waals surface area (Å²) < 4.78 is 6.73. The normalized spacial score (nSPS) is 24.3. The molecule has 0 unspecified atom stereocenters. The van der Waals surface area contributed by atoms with Gasteiger partial charge in [-0.2, -0.15) is 0 Å². The van der Waals surface area contributed by atoms with E-state index in [0.29, 0.717) is 5.92 Å². The molecule has 29 heavy (non-hydrogen) atoms. The first-order valence-corrected chi connectivity index (χ1v) is 11.0. The molecule has 2 aliphatic carbocycles. The monoisotopic (exact) mass is 383 g/mol. The molecule has 2 aliphatic rings. The van der Waals surface area contributed by atoms with Crippen molar-refractivity contribution in [3.63, 3.8) is 0 Å².